The van der Waals surface area contributed by atoms with Crippen LogP contribution in [-0.2, 0) is 0 Å². The van der Waals surface area contributed by atoms with Gasteiger partial charge in [0.15, 0.2) is 5.69 Å². The molecule has 8 heteroatoms. The zero-order valence-electron chi connectivity index (χ0n) is 14.6. The number of hydrogen-bond donors (Lipinski definition) is 1. The first-order chi connectivity index (χ1) is 12.0. The molecule has 1 aromatic carbocycles. The van der Waals surface area contributed by atoms with E-state index in [-0.39, 0.29) is 17.3 Å². The van der Waals surface area contributed by atoms with Gasteiger partial charge in [-0.05, 0) is 38.9 Å². The molecule has 1 N–H and O–H groups in total. The number of H-pyrrole nitrogens is 1. The number of amides is 1. The van der Waals surface area contributed by atoms with Gasteiger partial charge in [0.25, 0.3) is 11.6 Å². The highest BCUT2D eigenvalue weighted by Crippen LogP contribution is 2.23. The number of nitro benzene ring substituents is 1. The van der Waals surface area contributed by atoms with Crippen LogP contribution in [0.25, 0.3) is 10.9 Å². The van der Waals surface area contributed by atoms with Gasteiger partial charge in [-0.15, -0.1) is 0 Å². The maximum absolute atomic E-state index is 12.7. The minimum absolute atomic E-state index is 0.0468. The van der Waals surface area contributed by atoms with E-state index in [9.17, 15) is 14.9 Å². The second-order valence-corrected chi connectivity index (χ2v) is 6.70. The van der Waals surface area contributed by atoms with Crippen molar-refractivity contribution < 1.29 is 9.72 Å². The Bertz CT molecular complexity index is 788. The number of likely N-dealkylation sites (tertiary alicyclic amines) is 1. The van der Waals surface area contributed by atoms with Crippen molar-refractivity contribution in [2.75, 3.05) is 27.2 Å². The van der Waals surface area contributed by atoms with Crippen molar-refractivity contribution in [3.8, 4) is 0 Å². The number of nitrogens with zero attached hydrogens (tertiary/aromatic N) is 4. The summed E-state index contributed by atoms with van der Waals surface area (Å²) in [4.78, 5) is 27.2. The van der Waals surface area contributed by atoms with Gasteiger partial charge in [0, 0.05) is 37.2 Å². The molecule has 1 fully saturated rings. The van der Waals surface area contributed by atoms with Crippen LogP contribution < -0.4 is 0 Å². The number of nitrogens with one attached hydrogen (secondary N) is 1. The van der Waals surface area contributed by atoms with E-state index in [0.717, 1.165) is 19.4 Å². The van der Waals surface area contributed by atoms with Gasteiger partial charge >= 0.3 is 0 Å². The SMILES string of the molecule is CN(CCC1CCCCN1C)C(=O)c1n[nH]c2ccc([N+](=O)[O-])cc12. The Kier molecular flexibility index (Phi) is 4.98. The second-order valence-electron chi connectivity index (χ2n) is 6.70. The number of benzene rings is 1. The molecule has 1 saturated heterocycles. The first kappa shape index (κ1) is 17.3. The molecule has 1 amide bonds. The van der Waals surface area contributed by atoms with Crippen molar-refractivity contribution in [2.24, 2.45) is 0 Å². The smallest absolute Gasteiger partial charge is 0.274 e. The predicted molar refractivity (Wildman–Crippen MR) is 94.6 cm³/mol. The normalized spacial score (nSPS) is 18.4. The van der Waals surface area contributed by atoms with E-state index in [1.165, 1.54) is 25.0 Å². The second kappa shape index (κ2) is 7.18. The van der Waals surface area contributed by atoms with Crippen molar-refractivity contribution in [3.63, 3.8) is 0 Å². The lowest BCUT2D eigenvalue weighted by Gasteiger charge is -2.33. The molecule has 8 nitrogen and oxygen atoms in total. The van der Waals surface area contributed by atoms with Crippen LogP contribution in [0, 0.1) is 10.1 Å². The maximum Gasteiger partial charge on any atom is 0.274 e. The minimum atomic E-state index is -0.469. The van der Waals surface area contributed by atoms with Gasteiger partial charge in [-0.25, -0.2) is 0 Å². The number of fused-ring (bicyclic) bond motifs is 1. The van der Waals surface area contributed by atoms with E-state index in [0.29, 0.717) is 23.5 Å². The average Bonchev–Trinajstić information content (AvgIpc) is 3.03. The highest BCUT2D eigenvalue weighted by molar-refractivity contribution is 6.05. The Labute approximate surface area is 145 Å². The maximum atomic E-state index is 12.7. The van der Waals surface area contributed by atoms with Gasteiger partial charge in [0.1, 0.15) is 0 Å². The fourth-order valence-electron chi connectivity index (χ4n) is 3.41. The van der Waals surface area contributed by atoms with E-state index in [1.54, 1.807) is 18.0 Å². The van der Waals surface area contributed by atoms with Crippen molar-refractivity contribution in [2.45, 2.75) is 31.7 Å². The molecule has 1 aliphatic heterocycles. The molecule has 1 aromatic heterocycles. The number of hydrogen-bond acceptors (Lipinski definition) is 5. The molecule has 1 atom stereocenters. The average molecular weight is 345 g/mol. The number of carbonyl (C=O) groups excluding carboxylic acids is 1. The van der Waals surface area contributed by atoms with Crippen molar-refractivity contribution >= 4 is 22.5 Å². The van der Waals surface area contributed by atoms with Crippen LogP contribution >= 0.6 is 0 Å². The van der Waals surface area contributed by atoms with Gasteiger partial charge in [-0.1, -0.05) is 6.42 Å². The van der Waals surface area contributed by atoms with E-state index >= 15 is 0 Å². The van der Waals surface area contributed by atoms with Crippen molar-refractivity contribution in [3.05, 3.63) is 34.0 Å². The summed E-state index contributed by atoms with van der Waals surface area (Å²) >= 11 is 0. The summed E-state index contributed by atoms with van der Waals surface area (Å²) < 4.78 is 0. The predicted octanol–water partition coefficient (Wildman–Crippen LogP) is 2.42. The van der Waals surface area contributed by atoms with E-state index in [4.69, 9.17) is 0 Å². The lowest BCUT2D eigenvalue weighted by Crippen LogP contribution is -2.39. The molecule has 3 rings (SSSR count). The van der Waals surface area contributed by atoms with Crippen molar-refractivity contribution in [1.82, 2.24) is 20.0 Å². The van der Waals surface area contributed by atoms with Gasteiger partial charge < -0.3 is 9.80 Å². The molecule has 2 heterocycles. The highest BCUT2D eigenvalue weighted by atomic mass is 16.6. The molecule has 0 aliphatic carbocycles. The highest BCUT2D eigenvalue weighted by Gasteiger charge is 2.23. The summed E-state index contributed by atoms with van der Waals surface area (Å²) in [7, 11) is 3.88. The third-order valence-electron chi connectivity index (χ3n) is 5.03. The van der Waals surface area contributed by atoms with Crippen LogP contribution in [0.15, 0.2) is 18.2 Å². The Hall–Kier alpha value is -2.48. The first-order valence-electron chi connectivity index (χ1n) is 8.55. The van der Waals surface area contributed by atoms with E-state index in [1.807, 2.05) is 0 Å². The van der Waals surface area contributed by atoms with Crippen LogP contribution in [-0.4, -0.2) is 64.1 Å². The van der Waals surface area contributed by atoms with Crippen LogP contribution in [0.4, 0.5) is 5.69 Å². The number of non-ortho nitro benzene ring substituents is 1. The quantitative estimate of drug-likeness (QED) is 0.663. The number of nitro groups is 1. The van der Waals surface area contributed by atoms with Gasteiger partial charge in [0.05, 0.1) is 10.4 Å². The van der Waals surface area contributed by atoms with Crippen molar-refractivity contribution in [1.29, 1.82) is 0 Å². The monoisotopic (exact) mass is 345 g/mol. The standard InChI is InChI=1S/C17H23N5O3/c1-20-9-4-3-5-12(20)8-10-21(2)17(23)16-14-11-13(22(24)25)6-7-15(14)18-19-16/h6-7,11-12H,3-5,8-10H2,1-2H3,(H,18,19). The van der Waals surface area contributed by atoms with Crippen LogP contribution in [0.5, 0.6) is 0 Å². The zero-order chi connectivity index (χ0) is 18.0. The molecule has 1 unspecified atom stereocenters. The molecular formula is C17H23N5O3. The molecule has 0 radical (unpaired) electrons. The summed E-state index contributed by atoms with van der Waals surface area (Å²) in [6.45, 7) is 1.74. The van der Waals surface area contributed by atoms with E-state index in [2.05, 4.69) is 22.1 Å². The third kappa shape index (κ3) is 3.63. The van der Waals surface area contributed by atoms with Gasteiger partial charge in [-0.3, -0.25) is 20.0 Å². The lowest BCUT2D eigenvalue weighted by atomic mass is 10.00. The van der Waals surface area contributed by atoms with Crippen LogP contribution in [0.3, 0.4) is 0 Å². The zero-order valence-corrected chi connectivity index (χ0v) is 14.6. The Balaban J connectivity index is 1.72. The lowest BCUT2D eigenvalue weighted by molar-refractivity contribution is -0.384. The third-order valence-corrected chi connectivity index (χ3v) is 5.03. The summed E-state index contributed by atoms with van der Waals surface area (Å²) in [6, 6.07) is 4.88. The molecule has 0 bridgehead atoms. The fraction of sp³-hybridized carbons (Fsp3) is 0.529. The molecule has 0 saturated carbocycles. The molecule has 134 valence electrons. The van der Waals surface area contributed by atoms with Gasteiger partial charge in [0.2, 0.25) is 0 Å². The Morgan fingerprint density at radius 1 is 1.48 bits per heavy atom. The molecule has 0 spiro atoms. The number of carbonyl (C=O) groups is 1. The Morgan fingerprint density at radius 3 is 3.00 bits per heavy atom. The molecular weight excluding hydrogens is 322 g/mol. The summed E-state index contributed by atoms with van der Waals surface area (Å²) in [5.74, 6) is -0.217. The number of aromatic nitrogens is 2. The summed E-state index contributed by atoms with van der Waals surface area (Å²) in [6.07, 6.45) is 4.55. The van der Waals surface area contributed by atoms with Crippen LogP contribution in [0.2, 0.25) is 0 Å². The van der Waals surface area contributed by atoms with E-state index < -0.39 is 4.92 Å². The number of piperidine rings is 1. The summed E-state index contributed by atoms with van der Waals surface area (Å²) in [5, 5.41) is 18.3. The number of aromatic amines is 1. The minimum Gasteiger partial charge on any atom is -0.340 e. The Morgan fingerprint density at radius 2 is 2.28 bits per heavy atom. The first-order valence-corrected chi connectivity index (χ1v) is 8.55. The summed E-state index contributed by atoms with van der Waals surface area (Å²) in [5.41, 5.74) is 0.807. The largest absolute Gasteiger partial charge is 0.340 e. The van der Waals surface area contributed by atoms with Gasteiger partial charge in [-0.2, -0.15) is 5.10 Å². The fourth-order valence-corrected chi connectivity index (χ4v) is 3.41. The molecule has 2 aromatic rings. The van der Waals surface area contributed by atoms with Crippen LogP contribution in [0.1, 0.15) is 36.2 Å². The topological polar surface area (TPSA) is 95.4 Å². The number of rotatable bonds is 5. The molecule has 1 aliphatic rings. The molecule has 25 heavy (non-hydrogen) atoms.